The van der Waals surface area contributed by atoms with E-state index in [2.05, 4.69) is 22.4 Å². The summed E-state index contributed by atoms with van der Waals surface area (Å²) in [6, 6.07) is 12.0. The van der Waals surface area contributed by atoms with Gasteiger partial charge in [0.15, 0.2) is 0 Å². The lowest BCUT2D eigenvalue weighted by molar-refractivity contribution is -0.125. The van der Waals surface area contributed by atoms with Crippen LogP contribution >= 0.6 is 0 Å². The third-order valence-corrected chi connectivity index (χ3v) is 3.99. The van der Waals surface area contributed by atoms with Gasteiger partial charge in [-0.25, -0.2) is 0 Å². The van der Waals surface area contributed by atoms with Crippen LogP contribution in [0.2, 0.25) is 0 Å². The molecule has 2 aromatic rings. The quantitative estimate of drug-likeness (QED) is 0.891. The topological polar surface area (TPSA) is 68.0 Å². The number of carbonyl (C=O) groups excluding carboxylic acids is 1. The second-order valence-electron chi connectivity index (χ2n) is 5.74. The van der Waals surface area contributed by atoms with Crippen molar-refractivity contribution in [2.75, 3.05) is 0 Å². The molecule has 4 heteroatoms. The Labute approximate surface area is 131 Å². The van der Waals surface area contributed by atoms with Crippen LogP contribution in [0.25, 0.3) is 11.1 Å². The van der Waals surface area contributed by atoms with E-state index in [1.807, 2.05) is 45.0 Å². The first-order valence-electron chi connectivity index (χ1n) is 7.55. The van der Waals surface area contributed by atoms with Gasteiger partial charge in [-0.2, -0.15) is 0 Å². The van der Waals surface area contributed by atoms with Gasteiger partial charge in [-0.15, -0.1) is 0 Å². The highest BCUT2D eigenvalue weighted by molar-refractivity contribution is 5.79. The summed E-state index contributed by atoms with van der Waals surface area (Å²) >= 11 is 0. The third-order valence-electron chi connectivity index (χ3n) is 3.99. The van der Waals surface area contributed by atoms with Crippen LogP contribution in [-0.2, 0) is 4.79 Å². The Bertz CT molecular complexity index is 608. The van der Waals surface area contributed by atoms with Crippen LogP contribution in [0.15, 0.2) is 48.8 Å². The molecule has 116 valence electrons. The van der Waals surface area contributed by atoms with Crippen LogP contribution in [0.4, 0.5) is 0 Å². The first-order valence-corrected chi connectivity index (χ1v) is 7.55. The number of rotatable bonds is 5. The molecule has 1 aromatic heterocycles. The summed E-state index contributed by atoms with van der Waals surface area (Å²) in [5.74, 6) is -0.209. The molecule has 0 aliphatic heterocycles. The molecule has 0 aliphatic carbocycles. The molecule has 1 heterocycles. The summed E-state index contributed by atoms with van der Waals surface area (Å²) < 4.78 is 0. The van der Waals surface area contributed by atoms with E-state index in [4.69, 9.17) is 5.73 Å². The molecule has 0 spiro atoms. The van der Waals surface area contributed by atoms with Gasteiger partial charge in [0.25, 0.3) is 0 Å². The maximum Gasteiger partial charge on any atom is 0.224 e. The number of nitrogens with two attached hydrogens (primary N) is 1. The minimum atomic E-state index is -0.196. The summed E-state index contributed by atoms with van der Waals surface area (Å²) in [6.45, 7) is 5.67. The van der Waals surface area contributed by atoms with Gasteiger partial charge >= 0.3 is 0 Å². The van der Waals surface area contributed by atoms with Gasteiger partial charge in [0.1, 0.15) is 0 Å². The number of nitrogens with zero attached hydrogens (tertiary/aromatic N) is 1. The maximum atomic E-state index is 12.1. The Morgan fingerprint density at radius 1 is 1.00 bits per heavy atom. The van der Waals surface area contributed by atoms with Gasteiger partial charge in [-0.3, -0.25) is 9.78 Å². The van der Waals surface area contributed by atoms with Gasteiger partial charge in [0.2, 0.25) is 5.91 Å². The number of nitrogens with one attached hydrogen (secondary N) is 1. The van der Waals surface area contributed by atoms with E-state index in [0.29, 0.717) is 0 Å². The molecular weight excluding hydrogens is 274 g/mol. The first-order chi connectivity index (χ1) is 10.5. The lowest BCUT2D eigenvalue weighted by Gasteiger charge is -2.20. The predicted molar refractivity (Wildman–Crippen MR) is 89.0 cm³/mol. The standard InChI is InChI=1S/C18H23N3O/c1-12(13(2)19)18(22)21-14(3)15-4-6-16(7-5-15)17-8-10-20-11-9-17/h4-14H,19H2,1-3H3,(H,21,22). The minimum Gasteiger partial charge on any atom is -0.349 e. The summed E-state index contributed by atoms with van der Waals surface area (Å²) in [5.41, 5.74) is 9.10. The van der Waals surface area contributed by atoms with Crippen molar-refractivity contribution < 1.29 is 4.79 Å². The Kier molecular flexibility index (Phi) is 5.28. The molecule has 4 nitrogen and oxygen atoms in total. The number of benzene rings is 1. The predicted octanol–water partition coefficient (Wildman–Crippen LogP) is 2.91. The van der Waals surface area contributed by atoms with E-state index in [-0.39, 0.29) is 23.9 Å². The van der Waals surface area contributed by atoms with Crippen molar-refractivity contribution in [2.45, 2.75) is 32.9 Å². The molecule has 2 rings (SSSR count). The fourth-order valence-corrected chi connectivity index (χ4v) is 2.18. The van der Waals surface area contributed by atoms with Gasteiger partial charge in [-0.1, -0.05) is 31.2 Å². The molecule has 0 bridgehead atoms. The molecular formula is C18H23N3O. The number of amides is 1. The van der Waals surface area contributed by atoms with Crippen molar-refractivity contribution in [1.29, 1.82) is 0 Å². The Morgan fingerprint density at radius 2 is 1.55 bits per heavy atom. The summed E-state index contributed by atoms with van der Waals surface area (Å²) in [7, 11) is 0. The van der Waals surface area contributed by atoms with Gasteiger partial charge in [0, 0.05) is 24.4 Å². The van der Waals surface area contributed by atoms with Crippen molar-refractivity contribution in [3.05, 3.63) is 54.4 Å². The SMILES string of the molecule is CC(NC(=O)C(C)C(C)N)c1ccc(-c2ccncc2)cc1. The zero-order chi connectivity index (χ0) is 16.1. The summed E-state index contributed by atoms with van der Waals surface area (Å²) in [4.78, 5) is 16.1. The van der Waals surface area contributed by atoms with Crippen LogP contribution in [0.5, 0.6) is 0 Å². The first kappa shape index (κ1) is 16.2. The van der Waals surface area contributed by atoms with E-state index in [9.17, 15) is 4.79 Å². The average Bonchev–Trinajstić information content (AvgIpc) is 2.54. The van der Waals surface area contributed by atoms with Crippen LogP contribution in [0.3, 0.4) is 0 Å². The van der Waals surface area contributed by atoms with Crippen molar-refractivity contribution in [1.82, 2.24) is 10.3 Å². The highest BCUT2D eigenvalue weighted by Crippen LogP contribution is 2.21. The minimum absolute atomic E-state index is 0.0132. The van der Waals surface area contributed by atoms with Gasteiger partial charge in [0.05, 0.1) is 6.04 Å². The number of carbonyl (C=O) groups is 1. The molecule has 3 N–H and O–H groups in total. The van der Waals surface area contributed by atoms with Crippen LogP contribution in [-0.4, -0.2) is 16.9 Å². The zero-order valence-electron chi connectivity index (χ0n) is 13.3. The van der Waals surface area contributed by atoms with Crippen LogP contribution < -0.4 is 11.1 Å². The monoisotopic (exact) mass is 297 g/mol. The second-order valence-corrected chi connectivity index (χ2v) is 5.74. The summed E-state index contributed by atoms with van der Waals surface area (Å²) in [6.07, 6.45) is 3.56. The smallest absolute Gasteiger partial charge is 0.224 e. The largest absolute Gasteiger partial charge is 0.349 e. The number of pyridine rings is 1. The Balaban J connectivity index is 2.05. The third kappa shape index (κ3) is 3.92. The lowest BCUT2D eigenvalue weighted by Crippen LogP contribution is -2.39. The molecule has 3 unspecified atom stereocenters. The van der Waals surface area contributed by atoms with Gasteiger partial charge in [-0.05, 0) is 42.7 Å². The molecule has 0 aliphatic rings. The number of hydrogen-bond donors (Lipinski definition) is 2. The molecule has 22 heavy (non-hydrogen) atoms. The molecule has 1 aromatic carbocycles. The molecule has 0 saturated heterocycles. The zero-order valence-corrected chi connectivity index (χ0v) is 13.3. The fourth-order valence-electron chi connectivity index (χ4n) is 2.18. The van der Waals surface area contributed by atoms with Crippen molar-refractivity contribution in [2.24, 2.45) is 11.7 Å². The normalized spacial score (nSPS) is 14.9. The van der Waals surface area contributed by atoms with Gasteiger partial charge < -0.3 is 11.1 Å². The van der Waals surface area contributed by atoms with Crippen molar-refractivity contribution >= 4 is 5.91 Å². The number of aromatic nitrogens is 1. The van der Waals surface area contributed by atoms with Crippen LogP contribution in [0, 0.1) is 5.92 Å². The number of hydrogen-bond acceptors (Lipinski definition) is 3. The van der Waals surface area contributed by atoms with Crippen molar-refractivity contribution in [3.63, 3.8) is 0 Å². The lowest BCUT2D eigenvalue weighted by atomic mass is 10.00. The second kappa shape index (κ2) is 7.18. The van der Waals surface area contributed by atoms with Crippen molar-refractivity contribution in [3.8, 4) is 11.1 Å². The molecule has 3 atom stereocenters. The van der Waals surface area contributed by atoms with E-state index in [1.54, 1.807) is 12.4 Å². The van der Waals surface area contributed by atoms with E-state index >= 15 is 0 Å². The van der Waals surface area contributed by atoms with E-state index in [1.165, 1.54) is 0 Å². The Morgan fingerprint density at radius 3 is 2.09 bits per heavy atom. The average molecular weight is 297 g/mol. The fraction of sp³-hybridized carbons (Fsp3) is 0.333. The summed E-state index contributed by atoms with van der Waals surface area (Å²) in [5, 5.41) is 3.01. The highest BCUT2D eigenvalue weighted by Gasteiger charge is 2.19. The highest BCUT2D eigenvalue weighted by atomic mass is 16.1. The van der Waals surface area contributed by atoms with Crippen LogP contribution in [0.1, 0.15) is 32.4 Å². The van der Waals surface area contributed by atoms with E-state index < -0.39 is 0 Å². The molecule has 1 amide bonds. The Hall–Kier alpha value is -2.20. The molecule has 0 saturated carbocycles. The van der Waals surface area contributed by atoms with E-state index in [0.717, 1.165) is 16.7 Å². The maximum absolute atomic E-state index is 12.1. The molecule has 0 radical (unpaired) electrons. The molecule has 0 fully saturated rings.